The largest absolute Gasteiger partial charge is 0.394 e. The van der Waals surface area contributed by atoms with Gasteiger partial charge in [0.2, 0.25) is 0 Å². The summed E-state index contributed by atoms with van der Waals surface area (Å²) in [4.78, 5) is 16.8. The number of hydrogen-bond donors (Lipinski definition) is 2. The van der Waals surface area contributed by atoms with E-state index < -0.39 is 5.82 Å². The quantitative estimate of drug-likeness (QED) is 0.274. The van der Waals surface area contributed by atoms with Gasteiger partial charge in [-0.2, -0.15) is 5.10 Å². The predicted octanol–water partition coefficient (Wildman–Crippen LogP) is 2.23. The molecular formula is C20H19FN8O. The van der Waals surface area contributed by atoms with Gasteiger partial charge in [0.1, 0.15) is 5.82 Å². The van der Waals surface area contributed by atoms with Crippen LogP contribution >= 0.6 is 0 Å². The zero-order chi connectivity index (χ0) is 21.1. The molecule has 0 saturated carbocycles. The third-order valence-electron chi connectivity index (χ3n) is 4.53. The van der Waals surface area contributed by atoms with Gasteiger partial charge in [-0.05, 0) is 18.9 Å². The molecule has 152 valence electrons. The van der Waals surface area contributed by atoms with Crippen molar-refractivity contribution in [1.29, 1.82) is 0 Å². The van der Waals surface area contributed by atoms with E-state index in [1.54, 1.807) is 35.4 Å². The molecule has 9 nitrogen and oxygen atoms in total. The molecule has 0 bridgehead atoms. The van der Waals surface area contributed by atoms with E-state index in [9.17, 15) is 4.39 Å². The Bertz CT molecular complexity index is 1210. The van der Waals surface area contributed by atoms with Crippen LogP contribution in [0.1, 0.15) is 5.56 Å². The van der Waals surface area contributed by atoms with Gasteiger partial charge in [0.05, 0.1) is 43.3 Å². The molecule has 0 spiro atoms. The number of anilines is 1. The van der Waals surface area contributed by atoms with E-state index in [1.165, 1.54) is 17.3 Å². The van der Waals surface area contributed by atoms with Gasteiger partial charge < -0.3 is 5.11 Å². The van der Waals surface area contributed by atoms with Crippen molar-refractivity contribution in [1.82, 2.24) is 24.7 Å². The molecule has 3 aromatic heterocycles. The molecule has 0 aliphatic heterocycles. The van der Waals surface area contributed by atoms with Gasteiger partial charge in [-0.3, -0.25) is 14.7 Å². The van der Waals surface area contributed by atoms with Crippen molar-refractivity contribution in [2.75, 3.05) is 11.6 Å². The number of aliphatic imine (C=N–C) groups is 1. The minimum atomic E-state index is -0.417. The van der Waals surface area contributed by atoms with Gasteiger partial charge in [0, 0.05) is 35.0 Å². The molecule has 0 saturated heterocycles. The Hall–Kier alpha value is -3.76. The van der Waals surface area contributed by atoms with Crippen LogP contribution in [-0.4, -0.2) is 43.2 Å². The van der Waals surface area contributed by atoms with Crippen LogP contribution in [0.15, 0.2) is 54.0 Å². The fraction of sp³-hybridized carbons (Fsp3) is 0.150. The van der Waals surface area contributed by atoms with Crippen molar-refractivity contribution in [2.24, 2.45) is 10.8 Å². The third-order valence-corrected chi connectivity index (χ3v) is 4.53. The molecule has 10 heteroatoms. The number of hydrogen-bond acceptors (Lipinski definition) is 8. The molecule has 0 atom stereocenters. The maximum atomic E-state index is 14.6. The highest BCUT2D eigenvalue weighted by atomic mass is 19.1. The highest BCUT2D eigenvalue weighted by Gasteiger charge is 2.16. The number of nitrogens with two attached hydrogens (primary N) is 1. The van der Waals surface area contributed by atoms with E-state index in [1.807, 2.05) is 6.07 Å². The SMILES string of the molecule is C=Nc1ncc(-c2cnn(CCO)c2)nc1N(N)Cc1cc2cccnc2cc1F. The third kappa shape index (κ3) is 3.86. The van der Waals surface area contributed by atoms with Gasteiger partial charge >= 0.3 is 0 Å². The predicted molar refractivity (Wildman–Crippen MR) is 112 cm³/mol. The first-order valence-electron chi connectivity index (χ1n) is 9.12. The average molecular weight is 406 g/mol. The van der Waals surface area contributed by atoms with Gasteiger partial charge in [-0.15, -0.1) is 0 Å². The Balaban J connectivity index is 1.66. The van der Waals surface area contributed by atoms with Crippen LogP contribution in [0.25, 0.3) is 22.2 Å². The van der Waals surface area contributed by atoms with Gasteiger partial charge in [-0.25, -0.2) is 25.2 Å². The van der Waals surface area contributed by atoms with E-state index in [0.717, 1.165) is 5.39 Å². The number of fused-ring (bicyclic) bond motifs is 1. The molecule has 4 rings (SSSR count). The summed E-state index contributed by atoms with van der Waals surface area (Å²) in [5.74, 6) is 6.29. The normalized spacial score (nSPS) is 11.0. The molecule has 0 aliphatic rings. The van der Waals surface area contributed by atoms with Crippen LogP contribution in [0.4, 0.5) is 16.0 Å². The summed E-state index contributed by atoms with van der Waals surface area (Å²) in [6, 6.07) is 6.72. The molecule has 3 N–H and O–H groups in total. The van der Waals surface area contributed by atoms with Crippen molar-refractivity contribution < 1.29 is 9.50 Å². The maximum absolute atomic E-state index is 14.6. The molecular weight excluding hydrogens is 387 g/mol. The zero-order valence-corrected chi connectivity index (χ0v) is 16.0. The van der Waals surface area contributed by atoms with Crippen LogP contribution in [0.3, 0.4) is 0 Å². The van der Waals surface area contributed by atoms with Crippen molar-refractivity contribution in [2.45, 2.75) is 13.1 Å². The first-order valence-corrected chi connectivity index (χ1v) is 9.12. The Morgan fingerprint density at radius 1 is 1.27 bits per heavy atom. The molecule has 0 unspecified atom stereocenters. The number of aromatic nitrogens is 5. The van der Waals surface area contributed by atoms with Crippen LogP contribution in [0.5, 0.6) is 0 Å². The average Bonchev–Trinajstić information content (AvgIpc) is 3.22. The lowest BCUT2D eigenvalue weighted by molar-refractivity contribution is 0.269. The molecule has 4 aromatic rings. The Morgan fingerprint density at radius 3 is 2.93 bits per heavy atom. The van der Waals surface area contributed by atoms with E-state index in [4.69, 9.17) is 10.9 Å². The summed E-state index contributed by atoms with van der Waals surface area (Å²) in [5, 5.41) is 15.3. The van der Waals surface area contributed by atoms with Crippen LogP contribution in [-0.2, 0) is 13.1 Å². The number of halogens is 1. The maximum Gasteiger partial charge on any atom is 0.196 e. The fourth-order valence-corrected chi connectivity index (χ4v) is 3.06. The molecule has 0 radical (unpaired) electrons. The van der Waals surface area contributed by atoms with Crippen LogP contribution in [0, 0.1) is 5.82 Å². The second-order valence-electron chi connectivity index (χ2n) is 6.54. The summed E-state index contributed by atoms with van der Waals surface area (Å²) in [6.07, 6.45) is 6.50. The molecule has 30 heavy (non-hydrogen) atoms. The van der Waals surface area contributed by atoms with Crippen LogP contribution in [0.2, 0.25) is 0 Å². The first-order chi connectivity index (χ1) is 14.6. The van der Waals surface area contributed by atoms with Crippen molar-refractivity contribution in [3.63, 3.8) is 0 Å². The van der Waals surface area contributed by atoms with Gasteiger partial charge in [-0.1, -0.05) is 6.07 Å². The highest BCUT2D eigenvalue weighted by Crippen LogP contribution is 2.28. The topological polar surface area (TPSA) is 118 Å². The number of benzene rings is 1. The first kappa shape index (κ1) is 19.6. The Labute approximate surface area is 171 Å². The molecule has 0 fully saturated rings. The molecule has 1 aromatic carbocycles. The second-order valence-corrected chi connectivity index (χ2v) is 6.54. The van der Waals surface area contributed by atoms with Gasteiger partial charge in [0.15, 0.2) is 11.6 Å². The minimum absolute atomic E-state index is 0.0270. The molecule has 3 heterocycles. The second kappa shape index (κ2) is 8.31. The summed E-state index contributed by atoms with van der Waals surface area (Å²) in [7, 11) is 0. The zero-order valence-electron chi connectivity index (χ0n) is 16.0. The Kier molecular flexibility index (Phi) is 5.42. The smallest absolute Gasteiger partial charge is 0.196 e. The molecule has 0 amide bonds. The lowest BCUT2D eigenvalue weighted by atomic mass is 10.1. The summed E-state index contributed by atoms with van der Waals surface area (Å²) < 4.78 is 16.2. The number of pyridine rings is 1. The number of hydrazine groups is 1. The van der Waals surface area contributed by atoms with Crippen LogP contribution < -0.4 is 10.9 Å². The highest BCUT2D eigenvalue weighted by molar-refractivity contribution is 5.79. The minimum Gasteiger partial charge on any atom is -0.394 e. The van der Waals surface area contributed by atoms with E-state index in [2.05, 4.69) is 31.8 Å². The number of rotatable bonds is 7. The van der Waals surface area contributed by atoms with E-state index in [-0.39, 0.29) is 24.8 Å². The van der Waals surface area contributed by atoms with Gasteiger partial charge in [0.25, 0.3) is 0 Å². The standard InChI is InChI=1S/C20H19FN8O/c1-23-19-20(27-18(10-25-19)15-9-26-28(11-15)5-6-30)29(22)12-14-7-13-3-2-4-24-17(13)8-16(14)21/h2-4,7-11,30H,1,5-6,12,22H2. The summed E-state index contributed by atoms with van der Waals surface area (Å²) >= 11 is 0. The fourth-order valence-electron chi connectivity index (χ4n) is 3.06. The van der Waals surface area contributed by atoms with E-state index >= 15 is 0 Å². The van der Waals surface area contributed by atoms with E-state index in [0.29, 0.717) is 28.9 Å². The Morgan fingerprint density at radius 2 is 2.13 bits per heavy atom. The lowest BCUT2D eigenvalue weighted by Crippen LogP contribution is -2.31. The number of nitrogens with zero attached hydrogens (tertiary/aromatic N) is 7. The summed E-state index contributed by atoms with van der Waals surface area (Å²) in [5.41, 5.74) is 2.16. The lowest BCUT2D eigenvalue weighted by Gasteiger charge is -2.20. The van der Waals surface area contributed by atoms with Crippen molar-refractivity contribution in [3.8, 4) is 11.3 Å². The number of aliphatic hydroxyl groups excluding tert-OH is 1. The monoisotopic (exact) mass is 406 g/mol. The van der Waals surface area contributed by atoms with Crippen molar-refractivity contribution in [3.05, 3.63) is 60.4 Å². The molecule has 0 aliphatic carbocycles. The summed E-state index contributed by atoms with van der Waals surface area (Å²) in [6.45, 7) is 3.89. The van der Waals surface area contributed by atoms with Crippen molar-refractivity contribution >= 4 is 29.3 Å². The number of aliphatic hydroxyl groups is 1.